The Morgan fingerprint density at radius 3 is 2.48 bits per heavy atom. The molecule has 1 aliphatic heterocycles. The molecule has 2 aromatic carbocycles. The maximum atomic E-state index is 12.1. The molecule has 162 valence electrons. The van der Waals surface area contributed by atoms with Crippen LogP contribution in [0.4, 0.5) is 5.69 Å². The number of benzene rings is 2. The van der Waals surface area contributed by atoms with Crippen LogP contribution in [0.15, 0.2) is 48.5 Å². The van der Waals surface area contributed by atoms with Gasteiger partial charge in [-0.1, -0.05) is 6.07 Å². The molecule has 0 aromatic heterocycles. The highest BCUT2D eigenvalue weighted by Gasteiger charge is 2.27. The lowest BCUT2D eigenvalue weighted by Crippen LogP contribution is -2.35. The second kappa shape index (κ2) is 10.2. The second-order valence-electron chi connectivity index (χ2n) is 6.71. The van der Waals surface area contributed by atoms with Gasteiger partial charge in [-0.3, -0.25) is 19.3 Å². The fraction of sp³-hybridized carbons (Fsp3) is 0.273. The molecule has 31 heavy (non-hydrogen) atoms. The van der Waals surface area contributed by atoms with Crippen LogP contribution in [-0.2, 0) is 19.1 Å². The number of imide groups is 1. The molecule has 0 saturated carbocycles. The first-order valence-electron chi connectivity index (χ1n) is 9.63. The lowest BCUT2D eigenvalue weighted by Gasteiger charge is -2.13. The number of methoxy groups -OCH3 is 1. The summed E-state index contributed by atoms with van der Waals surface area (Å²) in [5.41, 5.74) is 0.796. The van der Waals surface area contributed by atoms with Gasteiger partial charge >= 0.3 is 5.97 Å². The van der Waals surface area contributed by atoms with E-state index in [2.05, 4.69) is 5.32 Å². The van der Waals surface area contributed by atoms with Crippen LogP contribution in [-0.4, -0.2) is 55.5 Å². The number of likely N-dealkylation sites (tertiary alicyclic amines) is 1. The number of hydrogen-bond acceptors (Lipinski definition) is 7. The molecule has 0 unspecified atom stereocenters. The summed E-state index contributed by atoms with van der Waals surface area (Å²) in [4.78, 5) is 48.7. The van der Waals surface area contributed by atoms with Crippen molar-refractivity contribution < 1.29 is 33.4 Å². The summed E-state index contributed by atoms with van der Waals surface area (Å²) in [6.45, 7) is -0.362. The lowest BCUT2D eigenvalue weighted by molar-refractivity contribution is -0.143. The van der Waals surface area contributed by atoms with Crippen LogP contribution in [0.5, 0.6) is 11.5 Å². The molecule has 9 nitrogen and oxygen atoms in total. The summed E-state index contributed by atoms with van der Waals surface area (Å²) in [5, 5.41) is 2.69. The zero-order valence-corrected chi connectivity index (χ0v) is 17.0. The van der Waals surface area contributed by atoms with Gasteiger partial charge in [-0.25, -0.2) is 4.79 Å². The molecule has 2 aromatic rings. The Labute approximate surface area is 178 Å². The molecule has 1 fully saturated rings. The summed E-state index contributed by atoms with van der Waals surface area (Å²) in [5.74, 6) is -0.823. The normalized spacial score (nSPS) is 12.9. The van der Waals surface area contributed by atoms with Crippen molar-refractivity contribution >= 4 is 29.4 Å². The van der Waals surface area contributed by atoms with Crippen molar-refractivity contribution in [2.75, 3.05) is 32.2 Å². The minimum Gasteiger partial charge on any atom is -0.497 e. The number of nitrogens with zero attached hydrogens (tertiary/aromatic N) is 1. The summed E-state index contributed by atoms with van der Waals surface area (Å²) >= 11 is 0. The third kappa shape index (κ3) is 6.05. The SMILES string of the molecule is COc1cccc(NC(=O)COc2ccc(C(=O)OCC(=O)N3CCCC3=O)cc2)c1. The molecule has 9 heteroatoms. The summed E-state index contributed by atoms with van der Waals surface area (Å²) in [6.07, 6.45) is 0.955. The van der Waals surface area contributed by atoms with Crippen molar-refractivity contribution in [2.24, 2.45) is 0 Å². The smallest absolute Gasteiger partial charge is 0.338 e. The van der Waals surface area contributed by atoms with E-state index >= 15 is 0 Å². The predicted molar refractivity (Wildman–Crippen MR) is 110 cm³/mol. The monoisotopic (exact) mass is 426 g/mol. The molecule has 3 amide bonds. The quantitative estimate of drug-likeness (QED) is 0.643. The van der Waals surface area contributed by atoms with Gasteiger partial charge in [-0.2, -0.15) is 0 Å². The number of rotatable bonds is 8. The van der Waals surface area contributed by atoms with Crippen LogP contribution in [0.2, 0.25) is 0 Å². The molecule has 1 N–H and O–H groups in total. The predicted octanol–water partition coefficient (Wildman–Crippen LogP) is 2.02. The van der Waals surface area contributed by atoms with Crippen molar-refractivity contribution in [3.05, 3.63) is 54.1 Å². The average molecular weight is 426 g/mol. The highest BCUT2D eigenvalue weighted by Crippen LogP contribution is 2.17. The Balaban J connectivity index is 1.44. The molecular weight excluding hydrogens is 404 g/mol. The highest BCUT2D eigenvalue weighted by molar-refractivity contribution is 5.98. The number of amides is 3. The zero-order valence-electron chi connectivity index (χ0n) is 17.0. The van der Waals surface area contributed by atoms with E-state index in [-0.39, 0.29) is 24.0 Å². The largest absolute Gasteiger partial charge is 0.497 e. The molecule has 3 rings (SSSR count). The molecule has 1 saturated heterocycles. The van der Waals surface area contributed by atoms with E-state index in [9.17, 15) is 19.2 Å². The molecule has 0 aliphatic carbocycles. The second-order valence-corrected chi connectivity index (χ2v) is 6.71. The van der Waals surface area contributed by atoms with Crippen molar-refractivity contribution in [1.82, 2.24) is 4.90 Å². The van der Waals surface area contributed by atoms with Crippen LogP contribution in [0, 0.1) is 0 Å². The molecule has 1 aliphatic rings. The fourth-order valence-corrected chi connectivity index (χ4v) is 2.93. The third-order valence-corrected chi connectivity index (χ3v) is 4.51. The maximum absolute atomic E-state index is 12.1. The van der Waals surface area contributed by atoms with Gasteiger partial charge in [0.15, 0.2) is 13.2 Å². The van der Waals surface area contributed by atoms with Gasteiger partial charge in [-0.05, 0) is 42.8 Å². The van der Waals surface area contributed by atoms with Gasteiger partial charge in [0.25, 0.3) is 11.8 Å². The Bertz CT molecular complexity index is 972. The summed E-state index contributed by atoms with van der Waals surface area (Å²) < 4.78 is 15.5. The third-order valence-electron chi connectivity index (χ3n) is 4.51. The first-order valence-corrected chi connectivity index (χ1v) is 9.63. The van der Waals surface area contributed by atoms with Gasteiger partial charge in [0.1, 0.15) is 11.5 Å². The maximum Gasteiger partial charge on any atom is 0.338 e. The number of ether oxygens (including phenoxy) is 3. The average Bonchev–Trinajstić information content (AvgIpc) is 3.22. The molecule has 0 spiro atoms. The van der Waals surface area contributed by atoms with Gasteiger partial charge in [0.2, 0.25) is 5.91 Å². The van der Waals surface area contributed by atoms with E-state index in [1.165, 1.54) is 31.4 Å². The highest BCUT2D eigenvalue weighted by atomic mass is 16.5. The lowest BCUT2D eigenvalue weighted by atomic mass is 10.2. The Kier molecular flexibility index (Phi) is 7.21. The number of anilines is 1. The topological polar surface area (TPSA) is 111 Å². The van der Waals surface area contributed by atoms with E-state index in [4.69, 9.17) is 14.2 Å². The number of carbonyl (C=O) groups is 4. The number of hydrogen-bond donors (Lipinski definition) is 1. The minimum absolute atomic E-state index is 0.216. The first kappa shape index (κ1) is 21.8. The molecule has 1 heterocycles. The Morgan fingerprint density at radius 2 is 1.81 bits per heavy atom. The van der Waals surface area contributed by atoms with E-state index < -0.39 is 18.5 Å². The Morgan fingerprint density at radius 1 is 1.03 bits per heavy atom. The van der Waals surface area contributed by atoms with Crippen LogP contribution < -0.4 is 14.8 Å². The first-order chi connectivity index (χ1) is 15.0. The standard InChI is InChI=1S/C22H22N2O7/c1-29-18-5-2-4-16(12-18)23-19(25)13-30-17-9-7-15(8-10-17)22(28)31-14-21(27)24-11-3-6-20(24)26/h2,4-5,7-10,12H,3,6,11,13-14H2,1H3,(H,23,25). The van der Waals surface area contributed by atoms with Crippen LogP contribution in [0.25, 0.3) is 0 Å². The molecule has 0 radical (unpaired) electrons. The molecule has 0 atom stereocenters. The molecular formula is C22H22N2O7. The van der Waals surface area contributed by atoms with Crippen LogP contribution >= 0.6 is 0 Å². The van der Waals surface area contributed by atoms with E-state index in [0.717, 1.165) is 4.90 Å². The van der Waals surface area contributed by atoms with Crippen molar-refractivity contribution in [3.8, 4) is 11.5 Å². The molecule has 0 bridgehead atoms. The van der Waals surface area contributed by atoms with Gasteiger partial charge in [0.05, 0.1) is 12.7 Å². The van der Waals surface area contributed by atoms with Gasteiger partial charge in [-0.15, -0.1) is 0 Å². The van der Waals surface area contributed by atoms with Gasteiger partial charge in [0, 0.05) is 24.7 Å². The summed E-state index contributed by atoms with van der Waals surface area (Å²) in [6, 6.07) is 12.9. The van der Waals surface area contributed by atoms with Crippen molar-refractivity contribution in [1.29, 1.82) is 0 Å². The number of esters is 1. The number of nitrogens with one attached hydrogen (secondary N) is 1. The summed E-state index contributed by atoms with van der Waals surface area (Å²) in [7, 11) is 1.54. The van der Waals surface area contributed by atoms with Crippen LogP contribution in [0.1, 0.15) is 23.2 Å². The zero-order chi connectivity index (χ0) is 22.2. The minimum atomic E-state index is -0.692. The van der Waals surface area contributed by atoms with E-state index in [1.807, 2.05) is 0 Å². The van der Waals surface area contributed by atoms with E-state index in [1.54, 1.807) is 24.3 Å². The van der Waals surface area contributed by atoms with E-state index in [0.29, 0.717) is 36.6 Å². The van der Waals surface area contributed by atoms with Crippen LogP contribution in [0.3, 0.4) is 0 Å². The van der Waals surface area contributed by atoms with Gasteiger partial charge < -0.3 is 19.5 Å². The van der Waals surface area contributed by atoms with Crippen molar-refractivity contribution in [3.63, 3.8) is 0 Å². The number of carbonyl (C=O) groups excluding carboxylic acids is 4. The van der Waals surface area contributed by atoms with Crippen molar-refractivity contribution in [2.45, 2.75) is 12.8 Å². The fourth-order valence-electron chi connectivity index (χ4n) is 2.93. The Hall–Kier alpha value is -3.88.